The topological polar surface area (TPSA) is 85.7 Å². The number of thiazole rings is 1. The van der Waals surface area contributed by atoms with Crippen molar-refractivity contribution in [1.29, 1.82) is 0 Å². The Bertz CT molecular complexity index is 1090. The summed E-state index contributed by atoms with van der Waals surface area (Å²) in [5.41, 5.74) is 0.924. The summed E-state index contributed by atoms with van der Waals surface area (Å²) in [5.74, 6) is -0.889. The minimum absolute atomic E-state index is 0.00753. The molecule has 3 rings (SSSR count). The van der Waals surface area contributed by atoms with E-state index in [2.05, 4.69) is 51.0 Å². The molecule has 218 valence electrons. The van der Waals surface area contributed by atoms with Gasteiger partial charge in [-0.2, -0.15) is 0 Å². The minimum Gasteiger partial charge on any atom is -0.457 e. The Kier molecular flexibility index (Phi) is 10.2. The van der Waals surface area contributed by atoms with Crippen LogP contribution < -0.4 is 0 Å². The van der Waals surface area contributed by atoms with Crippen LogP contribution in [-0.2, 0) is 18.8 Å². The van der Waals surface area contributed by atoms with Gasteiger partial charge in [-0.15, -0.1) is 11.3 Å². The van der Waals surface area contributed by atoms with Crippen molar-refractivity contribution in [3.8, 4) is 0 Å². The Hall–Kier alpha value is -1.61. The molecule has 1 fully saturated rings. The molecule has 6 nitrogen and oxygen atoms in total. The second-order valence-corrected chi connectivity index (χ2v) is 19.2. The lowest BCUT2D eigenvalue weighted by Gasteiger charge is -2.50. The van der Waals surface area contributed by atoms with Gasteiger partial charge in [0.05, 0.1) is 34.7 Å². The number of aliphatic hydroxyl groups is 1. The summed E-state index contributed by atoms with van der Waals surface area (Å²) in [6.45, 7) is 18.5. The number of carbonyl (C=O) groups excluding carboxylic acids is 2. The van der Waals surface area contributed by atoms with Gasteiger partial charge in [0, 0.05) is 17.7 Å². The molecule has 1 N–H and O–H groups in total. The molecule has 8 heteroatoms. The van der Waals surface area contributed by atoms with Crippen molar-refractivity contribution in [2.45, 2.75) is 123 Å². The van der Waals surface area contributed by atoms with Crippen molar-refractivity contribution in [2.24, 2.45) is 17.3 Å². The van der Waals surface area contributed by atoms with E-state index in [1.807, 2.05) is 39.2 Å². The fourth-order valence-corrected chi connectivity index (χ4v) is 7.61. The van der Waals surface area contributed by atoms with Crippen LogP contribution in [-0.4, -0.2) is 48.5 Å². The van der Waals surface area contributed by atoms with Crippen LogP contribution in [0.3, 0.4) is 0 Å². The van der Waals surface area contributed by atoms with Crippen LogP contribution >= 0.6 is 11.3 Å². The summed E-state index contributed by atoms with van der Waals surface area (Å²) in [4.78, 5) is 32.0. The first-order valence-electron chi connectivity index (χ1n) is 14.4. The third-order valence-corrected chi connectivity index (χ3v) is 14.5. The zero-order valence-corrected chi connectivity index (χ0v) is 27.2. The lowest BCUT2D eigenvalue weighted by atomic mass is 9.60. The molecule has 0 unspecified atom stereocenters. The Balaban J connectivity index is 1.99. The van der Waals surface area contributed by atoms with E-state index in [1.54, 1.807) is 11.3 Å². The number of aliphatic hydroxyl groups excluding tert-OH is 1. The molecule has 2 bridgehead atoms. The molecule has 0 spiro atoms. The number of nitrogens with zero attached hydrogens (tertiary/aromatic N) is 1. The van der Waals surface area contributed by atoms with E-state index in [0.29, 0.717) is 12.8 Å². The smallest absolute Gasteiger partial charge is 0.309 e. The van der Waals surface area contributed by atoms with E-state index in [9.17, 15) is 14.7 Å². The number of ketones is 1. The zero-order chi connectivity index (χ0) is 29.2. The van der Waals surface area contributed by atoms with E-state index in [0.717, 1.165) is 35.5 Å². The van der Waals surface area contributed by atoms with Gasteiger partial charge in [-0.3, -0.25) is 9.59 Å². The largest absolute Gasteiger partial charge is 0.457 e. The summed E-state index contributed by atoms with van der Waals surface area (Å²) >= 11 is 1.59. The third kappa shape index (κ3) is 7.57. The van der Waals surface area contributed by atoms with Gasteiger partial charge in [-0.25, -0.2) is 4.98 Å². The Morgan fingerprint density at radius 1 is 1.28 bits per heavy atom. The predicted molar refractivity (Wildman–Crippen MR) is 161 cm³/mol. The van der Waals surface area contributed by atoms with Crippen molar-refractivity contribution in [3.05, 3.63) is 33.8 Å². The Morgan fingerprint density at radius 2 is 1.97 bits per heavy atom. The van der Waals surface area contributed by atoms with Crippen LogP contribution in [0.25, 0.3) is 6.08 Å². The number of allylic oxidation sites excluding steroid dienone is 1. The molecule has 0 aromatic carbocycles. The van der Waals surface area contributed by atoms with E-state index >= 15 is 0 Å². The first kappa shape index (κ1) is 31.9. The van der Waals surface area contributed by atoms with E-state index in [4.69, 9.17) is 9.16 Å². The monoisotopic (exact) mass is 575 g/mol. The molecular weight excluding hydrogens is 526 g/mol. The number of fused-ring (bicyclic) bond motifs is 2. The summed E-state index contributed by atoms with van der Waals surface area (Å²) in [7, 11) is -2.34. The molecule has 1 aliphatic carbocycles. The lowest BCUT2D eigenvalue weighted by molar-refractivity contribution is -0.160. The number of ether oxygens (including phenoxy) is 1. The van der Waals surface area contributed by atoms with Gasteiger partial charge in [-0.05, 0) is 75.2 Å². The van der Waals surface area contributed by atoms with E-state index in [1.165, 1.54) is 0 Å². The quantitative estimate of drug-likeness (QED) is 0.231. The predicted octanol–water partition coefficient (Wildman–Crippen LogP) is 7.27. The molecule has 0 saturated heterocycles. The molecule has 0 radical (unpaired) electrons. The van der Waals surface area contributed by atoms with Crippen LogP contribution in [0.15, 0.2) is 23.1 Å². The summed E-state index contributed by atoms with van der Waals surface area (Å²) in [6.07, 6.45) is 8.25. The molecule has 2 heterocycles. The lowest BCUT2D eigenvalue weighted by Crippen LogP contribution is -2.57. The fourth-order valence-electron chi connectivity index (χ4n) is 5.64. The second-order valence-electron chi connectivity index (χ2n) is 13.4. The first-order chi connectivity index (χ1) is 18.0. The normalized spacial score (nSPS) is 32.9. The number of hydrogen-bond donors (Lipinski definition) is 1. The molecular formula is C31H49NO5SSi. The van der Waals surface area contributed by atoms with Crippen molar-refractivity contribution >= 4 is 37.5 Å². The molecule has 6 atom stereocenters. The number of cyclic esters (lactones) is 1. The Morgan fingerprint density at radius 3 is 2.59 bits per heavy atom. The van der Waals surface area contributed by atoms with Gasteiger partial charge in [-0.1, -0.05) is 46.8 Å². The highest BCUT2D eigenvalue weighted by Gasteiger charge is 2.54. The number of aromatic nitrogens is 1. The number of carbonyl (C=O) groups is 2. The minimum atomic E-state index is -2.34. The van der Waals surface area contributed by atoms with Crippen molar-refractivity contribution in [2.75, 3.05) is 0 Å². The van der Waals surface area contributed by atoms with Crippen LogP contribution in [0.5, 0.6) is 0 Å². The second kappa shape index (κ2) is 12.5. The average molecular weight is 576 g/mol. The molecule has 1 aromatic rings. The molecule has 1 saturated carbocycles. The highest BCUT2D eigenvalue weighted by molar-refractivity contribution is 7.09. The van der Waals surface area contributed by atoms with Crippen LogP contribution in [0.4, 0.5) is 0 Å². The van der Waals surface area contributed by atoms with Gasteiger partial charge < -0.3 is 14.3 Å². The number of rotatable bonds is 4. The third-order valence-electron chi connectivity index (χ3n) is 9.22. The molecule has 1 aliphatic heterocycles. The SMILES string of the molecule is C/C(=C\c1csc(C)n1)[C@@H]1C/C=C\CCC[C@@H]2C[C@@](C)(C(=O)[C@H](C)[C@H]2O)[C@@H](O[Si](C)(C)C(C)(C)C)CC(=O)O1. The standard InChI is InChI=1S/C31H49NO5SSi/c1-20(16-24-19-38-22(3)32-24)25-15-13-11-10-12-14-23-18-31(7,29(35)21(2)28(23)34)26(17-27(33)36-25)37-39(8,9)30(4,5)6/h11,13,16,19,21,23,25-26,28,34H,10,12,14-15,17-18H2,1-9H3/b13-11-,20-16+/t21-,23-,25+,26+,28-,31-/m1/s1. The van der Waals surface area contributed by atoms with Gasteiger partial charge in [0.2, 0.25) is 0 Å². The maximum atomic E-state index is 13.8. The van der Waals surface area contributed by atoms with Gasteiger partial charge in [0.15, 0.2) is 8.32 Å². The number of hydrogen-bond acceptors (Lipinski definition) is 7. The van der Waals surface area contributed by atoms with Crippen molar-refractivity contribution in [1.82, 2.24) is 4.98 Å². The van der Waals surface area contributed by atoms with E-state index in [-0.39, 0.29) is 29.1 Å². The first-order valence-corrected chi connectivity index (χ1v) is 18.2. The average Bonchev–Trinajstić information content (AvgIpc) is 3.24. The van der Waals surface area contributed by atoms with Gasteiger partial charge in [0.1, 0.15) is 11.9 Å². The summed E-state index contributed by atoms with van der Waals surface area (Å²) in [6, 6.07) is 0. The number of Topliss-reactive ketones (excluding diaryl/α,β-unsaturated/α-hetero) is 1. The molecule has 39 heavy (non-hydrogen) atoms. The van der Waals surface area contributed by atoms with Crippen LogP contribution in [0.2, 0.25) is 18.1 Å². The molecule has 0 amide bonds. The van der Waals surface area contributed by atoms with Crippen molar-refractivity contribution < 1.29 is 23.9 Å². The van der Waals surface area contributed by atoms with Crippen molar-refractivity contribution in [3.63, 3.8) is 0 Å². The van der Waals surface area contributed by atoms with Crippen LogP contribution in [0, 0.1) is 24.2 Å². The maximum Gasteiger partial charge on any atom is 0.309 e. The molecule has 1 aromatic heterocycles. The highest BCUT2D eigenvalue weighted by atomic mass is 32.1. The zero-order valence-electron chi connectivity index (χ0n) is 25.4. The summed E-state index contributed by atoms with van der Waals surface area (Å²) < 4.78 is 13.0. The Labute approximate surface area is 240 Å². The van der Waals surface area contributed by atoms with E-state index < -0.39 is 38.0 Å². The highest BCUT2D eigenvalue weighted by Crippen LogP contribution is 2.48. The number of aryl methyl sites for hydroxylation is 1. The molecule has 2 aliphatic rings. The van der Waals surface area contributed by atoms with Gasteiger partial charge in [0.25, 0.3) is 0 Å². The van der Waals surface area contributed by atoms with Gasteiger partial charge >= 0.3 is 5.97 Å². The fraction of sp³-hybridized carbons (Fsp3) is 0.710. The maximum absolute atomic E-state index is 13.8. The summed E-state index contributed by atoms with van der Waals surface area (Å²) in [5, 5.41) is 13.9. The number of esters is 1. The van der Waals surface area contributed by atoms with Crippen LogP contribution in [0.1, 0.15) is 90.8 Å².